The Labute approximate surface area is 142 Å². The van der Waals surface area contributed by atoms with Gasteiger partial charge in [0, 0.05) is 19.3 Å². The molecule has 9 nitrogen and oxygen atoms in total. The molecule has 0 amide bonds. The average molecular weight is 351 g/mol. The second-order valence-corrected chi connectivity index (χ2v) is 5.70. The highest BCUT2D eigenvalue weighted by Crippen LogP contribution is 2.29. The largest absolute Gasteiger partial charge is 0.394 e. The minimum absolute atomic E-state index is 0.0195. The Hall–Kier alpha value is -2.43. The van der Waals surface area contributed by atoms with Crippen LogP contribution in [0.15, 0.2) is 40.7 Å². The van der Waals surface area contributed by atoms with Crippen LogP contribution >= 0.6 is 11.3 Å². The van der Waals surface area contributed by atoms with Gasteiger partial charge < -0.3 is 14.7 Å². The Bertz CT molecular complexity index is 689. The molecule has 1 aromatic heterocycles. The van der Waals surface area contributed by atoms with Gasteiger partial charge in [0.2, 0.25) is 5.13 Å². The summed E-state index contributed by atoms with van der Waals surface area (Å²) >= 11 is 0.871. The standard InChI is InChI=1S/C14H17N5O4S/c1-18(6-8-23-9-7-20)12-4-2-11(3-5-12)16-17-14-15-10-13(24-14)19(21)22/h2-5,10,20H,6-9H2,1H3. The Morgan fingerprint density at radius 2 is 2.08 bits per heavy atom. The lowest BCUT2D eigenvalue weighted by Gasteiger charge is -2.19. The smallest absolute Gasteiger partial charge is 0.345 e. The van der Waals surface area contributed by atoms with E-state index in [1.54, 1.807) is 12.1 Å². The molecule has 10 heteroatoms. The molecule has 24 heavy (non-hydrogen) atoms. The monoisotopic (exact) mass is 351 g/mol. The van der Waals surface area contributed by atoms with Gasteiger partial charge in [0.1, 0.15) is 6.20 Å². The fourth-order valence-electron chi connectivity index (χ4n) is 1.76. The fraction of sp³-hybridized carbons (Fsp3) is 0.357. The molecule has 0 saturated heterocycles. The third kappa shape index (κ3) is 5.33. The van der Waals surface area contributed by atoms with E-state index in [4.69, 9.17) is 9.84 Å². The van der Waals surface area contributed by atoms with E-state index in [1.165, 1.54) is 0 Å². The molecule has 128 valence electrons. The topological polar surface area (TPSA) is 113 Å². The summed E-state index contributed by atoms with van der Waals surface area (Å²) < 4.78 is 5.23. The molecule has 0 aliphatic carbocycles. The summed E-state index contributed by atoms with van der Waals surface area (Å²) in [5.41, 5.74) is 1.62. The molecule has 0 atom stereocenters. The second kappa shape index (κ2) is 9.01. The minimum Gasteiger partial charge on any atom is -0.394 e. The van der Waals surface area contributed by atoms with Gasteiger partial charge in [0.05, 0.1) is 30.4 Å². The van der Waals surface area contributed by atoms with Gasteiger partial charge in [0.15, 0.2) is 0 Å². The van der Waals surface area contributed by atoms with Crippen LogP contribution in [0.4, 0.5) is 21.5 Å². The summed E-state index contributed by atoms with van der Waals surface area (Å²) in [7, 11) is 1.94. The molecule has 0 radical (unpaired) electrons. The zero-order valence-corrected chi connectivity index (χ0v) is 13.8. The number of nitrogens with zero attached hydrogens (tertiary/aromatic N) is 5. The average Bonchev–Trinajstić information content (AvgIpc) is 3.06. The minimum atomic E-state index is -0.508. The van der Waals surface area contributed by atoms with Crippen LogP contribution in [0, 0.1) is 10.1 Å². The lowest BCUT2D eigenvalue weighted by atomic mass is 10.2. The van der Waals surface area contributed by atoms with Gasteiger partial charge in [0.25, 0.3) is 0 Å². The van der Waals surface area contributed by atoms with Crippen LogP contribution < -0.4 is 4.90 Å². The molecule has 1 aromatic carbocycles. The van der Waals surface area contributed by atoms with Gasteiger partial charge >= 0.3 is 5.00 Å². The van der Waals surface area contributed by atoms with Crippen LogP contribution in [0.25, 0.3) is 0 Å². The van der Waals surface area contributed by atoms with E-state index in [0.29, 0.717) is 25.4 Å². The van der Waals surface area contributed by atoms with Crippen molar-refractivity contribution < 1.29 is 14.8 Å². The number of thiazole rings is 1. The van der Waals surface area contributed by atoms with Crippen molar-refractivity contribution in [2.45, 2.75) is 0 Å². The van der Waals surface area contributed by atoms with Gasteiger partial charge in [-0.05, 0) is 35.6 Å². The van der Waals surface area contributed by atoms with Crippen molar-refractivity contribution in [1.82, 2.24) is 4.98 Å². The quantitative estimate of drug-likeness (QED) is 0.321. The molecule has 1 N–H and O–H groups in total. The molecule has 0 saturated carbocycles. The van der Waals surface area contributed by atoms with Crippen molar-refractivity contribution in [3.05, 3.63) is 40.6 Å². The normalized spacial score (nSPS) is 11.1. The van der Waals surface area contributed by atoms with Gasteiger partial charge in [-0.1, -0.05) is 0 Å². The lowest BCUT2D eigenvalue weighted by Crippen LogP contribution is -2.22. The van der Waals surface area contributed by atoms with E-state index in [9.17, 15) is 10.1 Å². The van der Waals surface area contributed by atoms with Crippen LogP contribution in [0.2, 0.25) is 0 Å². The highest BCUT2D eigenvalue weighted by molar-refractivity contribution is 7.18. The van der Waals surface area contributed by atoms with Crippen molar-refractivity contribution in [1.29, 1.82) is 0 Å². The van der Waals surface area contributed by atoms with Gasteiger partial charge in [-0.25, -0.2) is 4.98 Å². The predicted molar refractivity (Wildman–Crippen MR) is 90.6 cm³/mol. The number of aliphatic hydroxyl groups excluding tert-OH is 1. The first-order chi connectivity index (χ1) is 11.6. The van der Waals surface area contributed by atoms with E-state index in [-0.39, 0.29) is 16.7 Å². The van der Waals surface area contributed by atoms with Crippen molar-refractivity contribution in [2.24, 2.45) is 10.2 Å². The maximum Gasteiger partial charge on any atom is 0.345 e. The Morgan fingerprint density at radius 1 is 1.33 bits per heavy atom. The van der Waals surface area contributed by atoms with Crippen LogP contribution in [0.3, 0.4) is 0 Å². The molecule has 0 fully saturated rings. The Kier molecular flexibility index (Phi) is 6.73. The number of nitro groups is 1. The first kappa shape index (κ1) is 17.9. The molecular formula is C14H17N5O4S. The summed E-state index contributed by atoms with van der Waals surface area (Å²) in [5.74, 6) is 0. The third-order valence-electron chi connectivity index (χ3n) is 3.01. The summed E-state index contributed by atoms with van der Waals surface area (Å²) in [6.45, 7) is 1.58. The van der Waals surface area contributed by atoms with Crippen LogP contribution in [0.1, 0.15) is 0 Å². The molecule has 1 heterocycles. The molecule has 0 aliphatic rings. The fourth-order valence-corrected chi connectivity index (χ4v) is 2.31. The van der Waals surface area contributed by atoms with E-state index in [1.807, 2.05) is 24.1 Å². The molecule has 0 aliphatic heterocycles. The van der Waals surface area contributed by atoms with E-state index in [0.717, 1.165) is 23.2 Å². The second-order valence-electron chi connectivity index (χ2n) is 4.71. The van der Waals surface area contributed by atoms with Gasteiger partial charge in [-0.2, -0.15) is 0 Å². The maximum absolute atomic E-state index is 10.6. The zero-order valence-electron chi connectivity index (χ0n) is 13.0. The molecule has 0 spiro atoms. The number of aromatic nitrogens is 1. The zero-order chi connectivity index (χ0) is 17.4. The van der Waals surface area contributed by atoms with Crippen LogP contribution in [-0.4, -0.2) is 48.4 Å². The highest BCUT2D eigenvalue weighted by atomic mass is 32.1. The first-order valence-corrected chi connectivity index (χ1v) is 7.93. The van der Waals surface area contributed by atoms with Gasteiger partial charge in [-0.15, -0.1) is 10.2 Å². The summed E-state index contributed by atoms with van der Waals surface area (Å²) in [5, 5.41) is 27.3. The van der Waals surface area contributed by atoms with Crippen molar-refractivity contribution in [3.8, 4) is 0 Å². The molecule has 0 bridgehead atoms. The first-order valence-electron chi connectivity index (χ1n) is 7.12. The summed E-state index contributed by atoms with van der Waals surface area (Å²) in [6.07, 6.45) is 1.16. The van der Waals surface area contributed by atoms with Crippen molar-refractivity contribution >= 4 is 32.8 Å². The number of anilines is 1. The van der Waals surface area contributed by atoms with E-state index >= 15 is 0 Å². The van der Waals surface area contributed by atoms with Crippen molar-refractivity contribution in [3.63, 3.8) is 0 Å². The number of rotatable bonds is 9. The SMILES string of the molecule is CN(CCOCCO)c1ccc(N=Nc2ncc([N+](=O)[O-])s2)cc1. The number of ether oxygens (including phenoxy) is 1. The Morgan fingerprint density at radius 3 is 2.71 bits per heavy atom. The number of azo groups is 1. The predicted octanol–water partition coefficient (Wildman–Crippen LogP) is 2.91. The number of hydrogen-bond donors (Lipinski definition) is 1. The van der Waals surface area contributed by atoms with Crippen molar-refractivity contribution in [2.75, 3.05) is 38.3 Å². The van der Waals surface area contributed by atoms with Gasteiger partial charge in [-0.3, -0.25) is 10.1 Å². The number of benzene rings is 1. The summed E-state index contributed by atoms with van der Waals surface area (Å²) in [6, 6.07) is 7.38. The molecule has 2 rings (SSSR count). The van der Waals surface area contributed by atoms with E-state index in [2.05, 4.69) is 15.2 Å². The molecular weight excluding hydrogens is 334 g/mol. The maximum atomic E-state index is 10.6. The molecule has 0 unspecified atom stereocenters. The molecule has 2 aromatic rings. The van der Waals surface area contributed by atoms with Crippen LogP contribution in [-0.2, 0) is 4.74 Å². The number of likely N-dealkylation sites (N-methyl/N-ethyl adjacent to an activating group) is 1. The third-order valence-corrected chi connectivity index (χ3v) is 3.84. The van der Waals surface area contributed by atoms with E-state index < -0.39 is 4.92 Å². The summed E-state index contributed by atoms with van der Waals surface area (Å²) in [4.78, 5) is 15.9. The lowest BCUT2D eigenvalue weighted by molar-refractivity contribution is -0.380. The number of aliphatic hydroxyl groups is 1. The highest BCUT2D eigenvalue weighted by Gasteiger charge is 2.10. The Balaban J connectivity index is 1.91. The van der Waals surface area contributed by atoms with Crippen LogP contribution in [0.5, 0.6) is 0 Å². The number of hydrogen-bond acceptors (Lipinski definition) is 9.